The van der Waals surface area contributed by atoms with Crippen LogP contribution >= 0.6 is 0 Å². The van der Waals surface area contributed by atoms with Gasteiger partial charge in [-0.05, 0) is 29.9 Å². The van der Waals surface area contributed by atoms with Crippen molar-refractivity contribution in [3.63, 3.8) is 0 Å². The van der Waals surface area contributed by atoms with E-state index in [1.165, 1.54) is 31.2 Å². The van der Waals surface area contributed by atoms with E-state index in [1.807, 2.05) is 6.20 Å². The van der Waals surface area contributed by atoms with E-state index in [9.17, 15) is 0 Å². The number of rotatable bonds is 5. The zero-order valence-electron chi connectivity index (χ0n) is 12.4. The van der Waals surface area contributed by atoms with E-state index in [-0.39, 0.29) is 5.41 Å². The standard InChI is InChI=1S/C16H26N2O/c1-16(2,3)13-8-9-15(18-12-13)17-10-11-19-14-6-4-5-7-14/h8-9,12,14H,4-7,10-11H2,1-3H3,(H,17,18). The molecule has 0 aliphatic heterocycles. The van der Waals surface area contributed by atoms with Gasteiger partial charge in [0.1, 0.15) is 5.82 Å². The first kappa shape index (κ1) is 14.3. The normalized spacial score (nSPS) is 16.8. The third-order valence-electron chi connectivity index (χ3n) is 3.69. The zero-order chi connectivity index (χ0) is 13.7. The maximum atomic E-state index is 5.81. The molecule has 1 heterocycles. The monoisotopic (exact) mass is 262 g/mol. The van der Waals surface area contributed by atoms with Gasteiger partial charge in [0.05, 0.1) is 12.7 Å². The topological polar surface area (TPSA) is 34.1 Å². The minimum absolute atomic E-state index is 0.164. The summed E-state index contributed by atoms with van der Waals surface area (Å²) in [5.74, 6) is 0.933. The van der Waals surface area contributed by atoms with Crippen LogP contribution in [-0.2, 0) is 10.2 Å². The van der Waals surface area contributed by atoms with E-state index >= 15 is 0 Å². The Hall–Kier alpha value is -1.09. The van der Waals surface area contributed by atoms with Gasteiger partial charge in [-0.3, -0.25) is 0 Å². The third kappa shape index (κ3) is 4.50. The molecule has 0 saturated heterocycles. The van der Waals surface area contributed by atoms with Gasteiger partial charge in [0.2, 0.25) is 0 Å². The summed E-state index contributed by atoms with van der Waals surface area (Å²) in [5, 5.41) is 3.31. The highest BCUT2D eigenvalue weighted by Gasteiger charge is 2.15. The first-order valence-electron chi connectivity index (χ1n) is 7.38. The molecule has 0 spiro atoms. The summed E-state index contributed by atoms with van der Waals surface area (Å²) < 4.78 is 5.81. The Morgan fingerprint density at radius 3 is 2.58 bits per heavy atom. The third-order valence-corrected chi connectivity index (χ3v) is 3.69. The molecule has 1 aromatic heterocycles. The second kappa shape index (κ2) is 6.38. The molecular weight excluding hydrogens is 236 g/mol. The summed E-state index contributed by atoms with van der Waals surface area (Å²) in [6, 6.07) is 4.20. The molecule has 1 aliphatic rings. The van der Waals surface area contributed by atoms with E-state index < -0.39 is 0 Å². The Balaban J connectivity index is 1.71. The molecule has 2 rings (SSSR count). The van der Waals surface area contributed by atoms with E-state index in [1.54, 1.807) is 0 Å². The minimum atomic E-state index is 0.164. The molecule has 0 radical (unpaired) electrons. The predicted octanol–water partition coefficient (Wildman–Crippen LogP) is 3.75. The lowest BCUT2D eigenvalue weighted by Crippen LogP contribution is -2.16. The molecule has 3 nitrogen and oxygen atoms in total. The highest BCUT2D eigenvalue weighted by Crippen LogP contribution is 2.22. The van der Waals surface area contributed by atoms with Gasteiger partial charge in [-0.25, -0.2) is 4.98 Å². The summed E-state index contributed by atoms with van der Waals surface area (Å²) in [5.41, 5.74) is 1.43. The largest absolute Gasteiger partial charge is 0.376 e. The SMILES string of the molecule is CC(C)(C)c1ccc(NCCOC2CCCC2)nc1. The van der Waals surface area contributed by atoms with Gasteiger partial charge in [0.25, 0.3) is 0 Å². The van der Waals surface area contributed by atoms with Crippen molar-refractivity contribution in [3.8, 4) is 0 Å². The molecule has 0 bridgehead atoms. The molecule has 3 heteroatoms. The van der Waals surface area contributed by atoms with Crippen molar-refractivity contribution in [1.82, 2.24) is 4.98 Å². The maximum Gasteiger partial charge on any atom is 0.125 e. The highest BCUT2D eigenvalue weighted by molar-refractivity contribution is 5.36. The van der Waals surface area contributed by atoms with Crippen LogP contribution in [0.4, 0.5) is 5.82 Å². The van der Waals surface area contributed by atoms with Gasteiger partial charge >= 0.3 is 0 Å². The Bertz CT molecular complexity index is 375. The van der Waals surface area contributed by atoms with Crippen LogP contribution in [0.3, 0.4) is 0 Å². The Labute approximate surface area is 116 Å². The quantitative estimate of drug-likeness (QED) is 0.821. The van der Waals surface area contributed by atoms with E-state index in [0.29, 0.717) is 6.10 Å². The molecule has 0 unspecified atom stereocenters. The molecule has 106 valence electrons. The summed E-state index contributed by atoms with van der Waals surface area (Å²) in [6.45, 7) is 8.21. The number of nitrogens with one attached hydrogen (secondary N) is 1. The molecule has 1 saturated carbocycles. The fourth-order valence-electron chi connectivity index (χ4n) is 2.40. The van der Waals surface area contributed by atoms with Crippen LogP contribution in [0.25, 0.3) is 0 Å². The van der Waals surface area contributed by atoms with E-state index in [4.69, 9.17) is 4.74 Å². The molecule has 1 N–H and O–H groups in total. The summed E-state index contributed by atoms with van der Waals surface area (Å²) in [6.07, 6.45) is 7.58. The van der Waals surface area contributed by atoms with E-state index in [2.05, 4.69) is 43.2 Å². The maximum absolute atomic E-state index is 5.81. The molecule has 1 fully saturated rings. The van der Waals surface area contributed by atoms with Gasteiger partial charge in [-0.15, -0.1) is 0 Å². The number of anilines is 1. The molecule has 0 atom stereocenters. The van der Waals surface area contributed by atoms with Crippen LogP contribution in [0.2, 0.25) is 0 Å². The molecule has 0 aromatic carbocycles. The van der Waals surface area contributed by atoms with Crippen molar-refractivity contribution < 1.29 is 4.74 Å². The predicted molar refractivity (Wildman–Crippen MR) is 79.6 cm³/mol. The number of nitrogens with zero attached hydrogens (tertiary/aromatic N) is 1. The van der Waals surface area contributed by atoms with Crippen LogP contribution in [0.15, 0.2) is 18.3 Å². The molecule has 1 aromatic rings. The van der Waals surface area contributed by atoms with Gasteiger partial charge in [0, 0.05) is 12.7 Å². The van der Waals surface area contributed by atoms with Crippen LogP contribution in [0.5, 0.6) is 0 Å². The van der Waals surface area contributed by atoms with Crippen molar-refractivity contribution in [2.75, 3.05) is 18.5 Å². The average molecular weight is 262 g/mol. The summed E-state index contributed by atoms with van der Waals surface area (Å²) >= 11 is 0. The Morgan fingerprint density at radius 2 is 2.00 bits per heavy atom. The highest BCUT2D eigenvalue weighted by atomic mass is 16.5. The lowest BCUT2D eigenvalue weighted by atomic mass is 9.88. The van der Waals surface area contributed by atoms with Crippen LogP contribution < -0.4 is 5.32 Å². The zero-order valence-corrected chi connectivity index (χ0v) is 12.4. The molecule has 1 aliphatic carbocycles. The van der Waals surface area contributed by atoms with Crippen molar-refractivity contribution >= 4 is 5.82 Å². The Kier molecular flexibility index (Phi) is 4.81. The van der Waals surface area contributed by atoms with Gasteiger partial charge in [-0.2, -0.15) is 0 Å². The number of aromatic nitrogens is 1. The lowest BCUT2D eigenvalue weighted by Gasteiger charge is -2.18. The second-order valence-corrected chi connectivity index (χ2v) is 6.39. The smallest absolute Gasteiger partial charge is 0.125 e. The number of ether oxygens (including phenoxy) is 1. The van der Waals surface area contributed by atoms with Crippen LogP contribution in [0.1, 0.15) is 52.0 Å². The first-order valence-corrected chi connectivity index (χ1v) is 7.38. The Morgan fingerprint density at radius 1 is 1.26 bits per heavy atom. The van der Waals surface area contributed by atoms with Crippen LogP contribution in [0, 0.1) is 0 Å². The molecule has 19 heavy (non-hydrogen) atoms. The van der Waals surface area contributed by atoms with Gasteiger partial charge < -0.3 is 10.1 Å². The first-order chi connectivity index (χ1) is 9.05. The summed E-state index contributed by atoms with van der Waals surface area (Å²) in [7, 11) is 0. The fraction of sp³-hybridized carbons (Fsp3) is 0.688. The number of hydrogen-bond donors (Lipinski definition) is 1. The lowest BCUT2D eigenvalue weighted by molar-refractivity contribution is 0.0658. The number of hydrogen-bond acceptors (Lipinski definition) is 3. The minimum Gasteiger partial charge on any atom is -0.376 e. The van der Waals surface area contributed by atoms with E-state index in [0.717, 1.165) is 19.0 Å². The van der Waals surface area contributed by atoms with Crippen molar-refractivity contribution in [2.45, 2.75) is 58.0 Å². The van der Waals surface area contributed by atoms with Crippen molar-refractivity contribution in [2.24, 2.45) is 0 Å². The van der Waals surface area contributed by atoms with Crippen molar-refractivity contribution in [3.05, 3.63) is 23.9 Å². The number of pyridine rings is 1. The molecule has 0 amide bonds. The molecular formula is C16H26N2O. The van der Waals surface area contributed by atoms with Gasteiger partial charge in [0.15, 0.2) is 0 Å². The fourth-order valence-corrected chi connectivity index (χ4v) is 2.40. The van der Waals surface area contributed by atoms with Crippen LogP contribution in [-0.4, -0.2) is 24.2 Å². The average Bonchev–Trinajstić information content (AvgIpc) is 2.87. The second-order valence-electron chi connectivity index (χ2n) is 6.39. The van der Waals surface area contributed by atoms with Gasteiger partial charge in [-0.1, -0.05) is 39.7 Å². The summed E-state index contributed by atoms with van der Waals surface area (Å²) in [4.78, 5) is 4.45. The van der Waals surface area contributed by atoms with Crippen molar-refractivity contribution in [1.29, 1.82) is 0 Å².